The molecule has 0 spiro atoms. The van der Waals surface area contributed by atoms with Crippen LogP contribution in [0.2, 0.25) is 19.6 Å². The molecule has 0 aromatic heterocycles. The van der Waals surface area contributed by atoms with Gasteiger partial charge in [0.2, 0.25) is 0 Å². The van der Waals surface area contributed by atoms with E-state index in [0.717, 1.165) is 0 Å². The molecule has 10 nitrogen and oxygen atoms in total. The number of alkyl halides is 6. The second-order valence-electron chi connectivity index (χ2n) is 10.3. The molecule has 1 aliphatic rings. The zero-order chi connectivity index (χ0) is 33.5. The van der Waals surface area contributed by atoms with Crippen molar-refractivity contribution in [2.75, 3.05) is 25.5 Å². The molecule has 0 aliphatic carbocycles. The van der Waals surface area contributed by atoms with Gasteiger partial charge in [-0.25, -0.2) is 14.0 Å². The lowest BCUT2D eigenvalue weighted by atomic mass is 10.1. The molecule has 0 unspecified atom stereocenters. The molecule has 1 aliphatic heterocycles. The highest BCUT2D eigenvalue weighted by Crippen LogP contribution is 2.32. The Morgan fingerprint density at radius 1 is 1.00 bits per heavy atom. The summed E-state index contributed by atoms with van der Waals surface area (Å²) in [5.41, 5.74) is 0.870. The molecule has 1 saturated heterocycles. The fourth-order valence-electron chi connectivity index (χ4n) is 3.86. The Balaban J connectivity index is 0.000000477. The second kappa shape index (κ2) is 16.1. The number of β-amino-alcohol motifs (C(OH)–C–C–N with tert-alkyl or cyclic N) is 1. The quantitative estimate of drug-likeness (QED) is 0.172. The minimum atomic E-state index is -2.24. The molecule has 0 bridgehead atoms. The van der Waals surface area contributed by atoms with E-state index >= 15 is 0 Å². The van der Waals surface area contributed by atoms with Gasteiger partial charge in [-0.3, -0.25) is 4.79 Å². The Kier molecular flexibility index (Phi) is 14.0. The van der Waals surface area contributed by atoms with E-state index in [1.54, 1.807) is 36.4 Å². The number of nitrogens with one attached hydrogen (secondary N) is 2. The summed E-state index contributed by atoms with van der Waals surface area (Å²) in [6.45, 7) is 6.77. The molecule has 1 fully saturated rings. The van der Waals surface area contributed by atoms with Crippen molar-refractivity contribution < 1.29 is 38.1 Å². The monoisotopic (exact) mass is 753 g/mol. The average Bonchev–Trinajstić information content (AvgIpc) is 3.31. The molecule has 2 atom stereocenters. The lowest BCUT2D eigenvalue weighted by Gasteiger charge is -2.23. The summed E-state index contributed by atoms with van der Waals surface area (Å²) in [5, 5.41) is 15.9. The van der Waals surface area contributed by atoms with Crippen LogP contribution >= 0.6 is 69.6 Å². The number of carbonyl (C=O) groups is 3. The fraction of sp³-hybridized carbons (Fsp3) is 0.423. The number of carbonyl (C=O) groups excluding carboxylic acids is 3. The average molecular weight is 756 g/mol. The SMILES string of the molecule is COc1ccc([C@@H](NC(=O)N2CC[C@H](O)C2)C(=O)Nc2ccc([Si](C)(C)C)c(F)c2)cc1.O=C(OC(Cl)(Cl)Cl)OC(Cl)(Cl)Cl. The van der Waals surface area contributed by atoms with E-state index in [1.807, 2.05) is 19.6 Å². The maximum absolute atomic E-state index is 14.6. The Morgan fingerprint density at radius 3 is 2.00 bits per heavy atom. The van der Waals surface area contributed by atoms with Gasteiger partial charge in [-0.05, 0) is 111 Å². The lowest BCUT2D eigenvalue weighted by molar-refractivity contribution is -0.118. The number of ether oxygens (including phenoxy) is 3. The molecule has 244 valence electrons. The largest absolute Gasteiger partial charge is 0.515 e. The first-order valence-corrected chi connectivity index (χ1v) is 18.5. The van der Waals surface area contributed by atoms with Crippen LogP contribution in [-0.2, 0) is 14.3 Å². The zero-order valence-corrected chi connectivity index (χ0v) is 29.3. The maximum atomic E-state index is 14.6. The number of methoxy groups -OCH3 is 1. The summed E-state index contributed by atoms with van der Waals surface area (Å²) < 4.78 is 23.3. The van der Waals surface area contributed by atoms with Crippen LogP contribution in [0.5, 0.6) is 5.75 Å². The Bertz CT molecular complexity index is 1290. The van der Waals surface area contributed by atoms with Crippen LogP contribution in [0, 0.1) is 5.82 Å². The Hall–Kier alpha value is -1.90. The number of benzene rings is 2. The lowest BCUT2D eigenvalue weighted by Crippen LogP contribution is -2.44. The van der Waals surface area contributed by atoms with Crippen molar-refractivity contribution in [3.63, 3.8) is 0 Å². The van der Waals surface area contributed by atoms with E-state index in [-0.39, 0.29) is 12.4 Å². The predicted molar refractivity (Wildman–Crippen MR) is 173 cm³/mol. The molecule has 2 aromatic carbocycles. The van der Waals surface area contributed by atoms with Crippen LogP contribution in [0.4, 0.5) is 19.7 Å². The van der Waals surface area contributed by atoms with Gasteiger partial charge in [-0.2, -0.15) is 0 Å². The van der Waals surface area contributed by atoms with E-state index in [0.29, 0.717) is 35.2 Å². The fourth-order valence-corrected chi connectivity index (χ4v) is 5.61. The first kappa shape index (κ1) is 38.3. The van der Waals surface area contributed by atoms with E-state index in [9.17, 15) is 23.9 Å². The van der Waals surface area contributed by atoms with E-state index < -0.39 is 46.3 Å². The van der Waals surface area contributed by atoms with Gasteiger partial charge >= 0.3 is 20.1 Å². The van der Waals surface area contributed by atoms with Crippen LogP contribution in [0.1, 0.15) is 18.0 Å². The molecule has 44 heavy (non-hydrogen) atoms. The highest BCUT2D eigenvalue weighted by atomic mass is 35.6. The van der Waals surface area contributed by atoms with Gasteiger partial charge < -0.3 is 34.9 Å². The first-order chi connectivity index (χ1) is 20.2. The zero-order valence-electron chi connectivity index (χ0n) is 23.8. The molecule has 0 radical (unpaired) electrons. The van der Waals surface area contributed by atoms with Crippen LogP contribution in [-0.4, -0.2) is 70.4 Å². The maximum Gasteiger partial charge on any atom is 0.515 e. The van der Waals surface area contributed by atoms with Crippen LogP contribution < -0.4 is 20.6 Å². The molecular weight excluding hydrogens is 726 g/mol. The van der Waals surface area contributed by atoms with Gasteiger partial charge in [-0.15, -0.1) is 0 Å². The minimum absolute atomic E-state index is 0.214. The number of hydrogen-bond donors (Lipinski definition) is 3. The number of aliphatic hydroxyl groups is 1. The van der Waals surface area contributed by atoms with E-state index in [1.165, 1.54) is 18.1 Å². The number of aliphatic hydroxyl groups excluding tert-OH is 1. The standard InChI is InChI=1S/C23H30FN3O4Si.C3Cl6O3/c1-31-18-8-5-15(6-9-18)21(26-23(30)27-12-11-17(28)14-27)22(29)25-16-7-10-20(19(24)13-16)32(2,3)4;4-2(5,6)11-1(10)12-3(7,8)9/h5-10,13,17,21,28H,11-12,14H2,1-4H3,(H,25,29)(H,26,30);/t17-,21+;/m0./s1. The van der Waals surface area contributed by atoms with Crippen molar-refractivity contribution >= 4 is 107 Å². The number of hydrogen-bond acceptors (Lipinski definition) is 7. The van der Waals surface area contributed by atoms with Crippen molar-refractivity contribution in [1.82, 2.24) is 10.2 Å². The predicted octanol–water partition coefficient (Wildman–Crippen LogP) is 6.63. The second-order valence-corrected chi connectivity index (χ2v) is 19.7. The number of rotatable bonds is 6. The topological polar surface area (TPSA) is 126 Å². The third kappa shape index (κ3) is 13.2. The molecule has 3 amide bonds. The molecule has 3 N–H and O–H groups in total. The minimum Gasteiger partial charge on any atom is -0.497 e. The molecule has 2 aromatic rings. The summed E-state index contributed by atoms with van der Waals surface area (Å²) in [6.07, 6.45) is -1.48. The number of anilines is 1. The highest BCUT2D eigenvalue weighted by molar-refractivity contribution is 6.88. The van der Waals surface area contributed by atoms with Crippen molar-refractivity contribution in [3.8, 4) is 5.75 Å². The summed E-state index contributed by atoms with van der Waals surface area (Å²) in [7, 11) is -0.309. The van der Waals surface area contributed by atoms with E-state index in [4.69, 9.17) is 74.3 Å². The van der Waals surface area contributed by atoms with Crippen molar-refractivity contribution in [3.05, 3.63) is 53.8 Å². The van der Waals surface area contributed by atoms with Gasteiger partial charge in [-0.1, -0.05) is 37.8 Å². The van der Waals surface area contributed by atoms with Crippen LogP contribution in [0.3, 0.4) is 0 Å². The smallest absolute Gasteiger partial charge is 0.497 e. The molecule has 3 rings (SSSR count). The summed E-state index contributed by atoms with van der Waals surface area (Å²) >= 11 is 30.2. The number of amides is 3. The number of halogens is 7. The van der Waals surface area contributed by atoms with Gasteiger partial charge in [0.1, 0.15) is 17.6 Å². The van der Waals surface area contributed by atoms with Crippen molar-refractivity contribution in [2.45, 2.75) is 46.2 Å². The van der Waals surface area contributed by atoms with Gasteiger partial charge in [0.25, 0.3) is 5.91 Å². The highest BCUT2D eigenvalue weighted by Gasteiger charge is 2.33. The molecule has 18 heteroatoms. The van der Waals surface area contributed by atoms with E-state index in [2.05, 4.69) is 20.1 Å². The summed E-state index contributed by atoms with van der Waals surface area (Å²) in [4.78, 5) is 37.8. The molecule has 1 heterocycles. The van der Waals surface area contributed by atoms with Crippen molar-refractivity contribution in [2.24, 2.45) is 0 Å². The van der Waals surface area contributed by atoms with Gasteiger partial charge in [0, 0.05) is 18.8 Å². The normalized spacial score (nSPS) is 15.8. The number of likely N-dealkylation sites (tertiary alicyclic amines) is 1. The third-order valence-electron chi connectivity index (χ3n) is 5.87. The first-order valence-electron chi connectivity index (χ1n) is 12.7. The number of nitrogens with zero attached hydrogens (tertiary/aromatic N) is 1. The van der Waals surface area contributed by atoms with Crippen LogP contribution in [0.15, 0.2) is 42.5 Å². The third-order valence-corrected chi connectivity index (χ3v) is 8.36. The van der Waals surface area contributed by atoms with Crippen molar-refractivity contribution in [1.29, 1.82) is 0 Å². The van der Waals surface area contributed by atoms with Gasteiger partial charge in [0.05, 0.1) is 21.3 Å². The summed E-state index contributed by atoms with van der Waals surface area (Å²) in [6, 6.07) is 10.0. The molecular formula is C26H30Cl6FN3O7Si. The summed E-state index contributed by atoms with van der Waals surface area (Å²) in [5.74, 6) is -0.229. The Labute approximate surface area is 284 Å². The van der Waals surface area contributed by atoms with Gasteiger partial charge in [0.15, 0.2) is 0 Å². The molecule has 0 saturated carbocycles. The van der Waals surface area contributed by atoms with Crippen LogP contribution in [0.25, 0.3) is 0 Å². The number of urea groups is 1. The Morgan fingerprint density at radius 2 is 1.57 bits per heavy atom.